The number of carbonyl (C=O) groups is 1. The molecule has 0 aliphatic carbocycles. The predicted octanol–water partition coefficient (Wildman–Crippen LogP) is 1.58. The summed E-state index contributed by atoms with van der Waals surface area (Å²) < 4.78 is 47.3. The van der Waals surface area contributed by atoms with Gasteiger partial charge in [-0.25, -0.2) is 8.42 Å². The molecule has 3 rings (SSSR count). The summed E-state index contributed by atoms with van der Waals surface area (Å²) in [6.07, 6.45) is 2.71. The zero-order valence-corrected chi connectivity index (χ0v) is 22.3. The number of likely N-dealkylation sites (N-methyl/N-ethyl adjacent to an activating group) is 1. The monoisotopic (exact) mass is 526 g/mol. The number of benzene rings is 2. The number of aromatic carboxylic acids is 1. The van der Waals surface area contributed by atoms with Crippen LogP contribution < -0.4 is 19.3 Å². The lowest BCUT2D eigenvalue weighted by molar-refractivity contribution is -0.915. The zero-order valence-electron chi connectivity index (χ0n) is 21.5. The molecule has 0 aromatic heterocycles. The largest absolute Gasteiger partial charge is 0.744 e. The van der Waals surface area contributed by atoms with E-state index >= 15 is 0 Å². The van der Waals surface area contributed by atoms with Crippen molar-refractivity contribution in [2.45, 2.75) is 31.6 Å². The van der Waals surface area contributed by atoms with Crippen LogP contribution in [0, 0.1) is 6.92 Å². The van der Waals surface area contributed by atoms with Crippen LogP contribution in [0.2, 0.25) is 0 Å². The highest BCUT2D eigenvalue weighted by molar-refractivity contribution is 7.85. The zero-order chi connectivity index (χ0) is 27.4. The molecule has 1 N–H and O–H groups in total. The fourth-order valence-electron chi connectivity index (χ4n) is 3.82. The molecule has 202 valence electrons. The van der Waals surface area contributed by atoms with Crippen molar-refractivity contribution >= 4 is 16.1 Å². The number of carbonyl (C=O) groups excluding carboxylic acids is 1. The molecule has 0 spiro atoms. The number of nitrogens with zero attached hydrogens (tertiary/aromatic N) is 1. The van der Waals surface area contributed by atoms with E-state index in [4.69, 9.17) is 19.3 Å². The minimum Gasteiger partial charge on any atom is -0.744 e. The summed E-state index contributed by atoms with van der Waals surface area (Å²) in [5, 5.41) is 19.5. The number of hydrogen-bond donors (Lipinski definition) is 1. The number of carboxylic acids is 1. The fourth-order valence-corrected chi connectivity index (χ4v) is 4.29. The van der Waals surface area contributed by atoms with Crippen LogP contribution >= 0.6 is 0 Å². The third kappa shape index (κ3) is 9.30. The van der Waals surface area contributed by atoms with Crippen LogP contribution in [0.15, 0.2) is 41.3 Å². The van der Waals surface area contributed by atoms with E-state index in [1.54, 1.807) is 12.1 Å². The lowest BCUT2D eigenvalue weighted by Gasteiger charge is -2.32. The lowest BCUT2D eigenvalue weighted by atomic mass is 10.2. The van der Waals surface area contributed by atoms with E-state index in [0.29, 0.717) is 12.4 Å². The van der Waals surface area contributed by atoms with Gasteiger partial charge in [0.05, 0.1) is 58.4 Å². The van der Waals surface area contributed by atoms with Gasteiger partial charge in [-0.1, -0.05) is 17.7 Å². The topological polar surface area (TPSA) is 145 Å². The van der Waals surface area contributed by atoms with E-state index in [9.17, 15) is 22.9 Å². The predicted molar refractivity (Wildman–Crippen MR) is 131 cm³/mol. The second kappa shape index (κ2) is 14.6. The van der Waals surface area contributed by atoms with Gasteiger partial charge in [0.1, 0.15) is 16.7 Å². The first-order chi connectivity index (χ1) is 17.0. The number of carboxylic acid groups (broad SMARTS) is 1. The maximum atomic E-state index is 10.7. The molecule has 2 aromatic carbocycles. The van der Waals surface area contributed by atoms with Crippen molar-refractivity contribution in [3.63, 3.8) is 0 Å². The summed E-state index contributed by atoms with van der Waals surface area (Å²) in [7, 11) is 0.0000283. The van der Waals surface area contributed by atoms with Gasteiger partial charge in [-0.15, -0.1) is 0 Å². The van der Waals surface area contributed by atoms with Crippen molar-refractivity contribution < 1.29 is 46.7 Å². The summed E-state index contributed by atoms with van der Waals surface area (Å²) in [6, 6.07) is 8.41. The smallest absolute Gasteiger partial charge is 0.203 e. The van der Waals surface area contributed by atoms with Crippen molar-refractivity contribution in [2.75, 3.05) is 54.1 Å². The van der Waals surface area contributed by atoms with Gasteiger partial charge in [-0.2, -0.15) is 0 Å². The number of rotatable bonds is 8. The molecule has 2 aromatic rings. The molecule has 1 fully saturated rings. The molecule has 0 unspecified atom stereocenters. The average Bonchev–Trinajstić information content (AvgIpc) is 3.32. The fraction of sp³-hybridized carbons (Fsp3) is 0.480. The number of hydrogen-bond acceptors (Lipinski definition) is 9. The van der Waals surface area contributed by atoms with Gasteiger partial charge < -0.3 is 38.3 Å². The average molecular weight is 527 g/mol. The van der Waals surface area contributed by atoms with Crippen molar-refractivity contribution in [1.82, 2.24) is 0 Å². The summed E-state index contributed by atoms with van der Waals surface area (Å²) in [5.41, 5.74) is 0.905. The van der Waals surface area contributed by atoms with Crippen molar-refractivity contribution in [1.29, 1.82) is 0 Å². The highest BCUT2D eigenvalue weighted by atomic mass is 32.2. The Morgan fingerprint density at radius 3 is 1.83 bits per heavy atom. The molecule has 0 atom stereocenters. The Morgan fingerprint density at radius 2 is 1.50 bits per heavy atom. The van der Waals surface area contributed by atoms with Gasteiger partial charge >= 0.3 is 0 Å². The number of methoxy groups -OCH3 is 3. The number of ether oxygens (including phenoxy) is 3. The SMILES string of the molecule is CC[N+]1(CCO)CCCC1.COc1cc(C(=O)[O-])cc(OC)c1OC.Cc1ccc(S(=O)(=O)[O-])cc1. The minimum absolute atomic E-state index is 0.0236. The minimum atomic E-state index is -4.27. The van der Waals surface area contributed by atoms with Gasteiger partial charge in [0.25, 0.3) is 0 Å². The molecule has 10 nitrogen and oxygen atoms in total. The van der Waals surface area contributed by atoms with Gasteiger partial charge in [0.2, 0.25) is 5.75 Å². The quantitative estimate of drug-likeness (QED) is 0.400. The van der Waals surface area contributed by atoms with Crippen LogP contribution in [0.25, 0.3) is 0 Å². The molecule has 1 aliphatic heterocycles. The first-order valence-electron chi connectivity index (χ1n) is 11.5. The Labute approximate surface area is 213 Å². The van der Waals surface area contributed by atoms with E-state index in [2.05, 4.69) is 6.92 Å². The molecule has 0 bridgehead atoms. The van der Waals surface area contributed by atoms with E-state index in [0.717, 1.165) is 16.6 Å². The summed E-state index contributed by atoms with van der Waals surface area (Å²) in [6.45, 7) is 9.14. The van der Waals surface area contributed by atoms with Gasteiger partial charge in [0, 0.05) is 18.4 Å². The van der Waals surface area contributed by atoms with Gasteiger partial charge in [0.15, 0.2) is 11.5 Å². The first kappa shape index (κ1) is 31.2. The second-order valence-corrected chi connectivity index (χ2v) is 9.61. The van der Waals surface area contributed by atoms with E-state index < -0.39 is 16.1 Å². The van der Waals surface area contributed by atoms with E-state index in [1.165, 1.54) is 78.1 Å². The molecule has 1 heterocycles. The molecular weight excluding hydrogens is 490 g/mol. The lowest BCUT2D eigenvalue weighted by Crippen LogP contribution is -2.46. The summed E-state index contributed by atoms with van der Waals surface area (Å²) in [4.78, 5) is 10.5. The normalized spacial score (nSPS) is 14.0. The van der Waals surface area contributed by atoms with Crippen molar-refractivity contribution in [3.8, 4) is 17.2 Å². The maximum absolute atomic E-state index is 10.7. The summed E-state index contributed by atoms with van der Waals surface area (Å²) in [5.74, 6) is -0.369. The molecule has 1 saturated heterocycles. The number of aryl methyl sites for hydroxylation is 1. The van der Waals surface area contributed by atoms with E-state index in [-0.39, 0.29) is 22.0 Å². The Hall–Kier alpha value is -2.86. The van der Waals surface area contributed by atoms with Crippen LogP contribution in [0.3, 0.4) is 0 Å². The molecule has 1 aliphatic rings. The van der Waals surface area contributed by atoms with Crippen LogP contribution in [-0.4, -0.2) is 82.6 Å². The molecule has 36 heavy (non-hydrogen) atoms. The van der Waals surface area contributed by atoms with Crippen LogP contribution in [0.1, 0.15) is 35.7 Å². The van der Waals surface area contributed by atoms with Gasteiger partial charge in [-0.05, 0) is 38.1 Å². The highest BCUT2D eigenvalue weighted by Gasteiger charge is 2.28. The number of quaternary nitrogens is 1. The Bertz CT molecular complexity index is 1040. The Morgan fingerprint density at radius 1 is 1.00 bits per heavy atom. The molecule has 0 amide bonds. The van der Waals surface area contributed by atoms with Crippen LogP contribution in [-0.2, 0) is 10.1 Å². The standard InChI is InChI=1S/C10H12O5.C8H18NO.C7H8O3S/c1-13-7-4-6(10(11)12)5-8(14-2)9(7)15-3;1-2-9(7-8-10)5-3-4-6-9;1-6-2-4-7(5-3-6)11(8,9)10/h4-5H,1-3H3,(H,11,12);10H,2-8H2,1H3;2-5H,1H3,(H,8,9,10)/q;+1;/p-2. The van der Waals surface area contributed by atoms with Crippen LogP contribution in [0.5, 0.6) is 17.2 Å². The van der Waals surface area contributed by atoms with Crippen LogP contribution in [0.4, 0.5) is 0 Å². The number of aliphatic hydroxyl groups excluding tert-OH is 1. The van der Waals surface area contributed by atoms with Crippen molar-refractivity contribution in [3.05, 3.63) is 47.5 Å². The number of aliphatic hydroxyl groups is 1. The summed E-state index contributed by atoms with van der Waals surface area (Å²) >= 11 is 0. The molecular formula is C25H36NO9S-. The third-order valence-electron chi connectivity index (χ3n) is 5.97. The first-order valence-corrected chi connectivity index (χ1v) is 12.9. The molecule has 11 heteroatoms. The van der Waals surface area contributed by atoms with Crippen molar-refractivity contribution in [2.24, 2.45) is 0 Å². The second-order valence-electron chi connectivity index (χ2n) is 8.23. The third-order valence-corrected chi connectivity index (χ3v) is 6.82. The van der Waals surface area contributed by atoms with E-state index in [1.807, 2.05) is 6.92 Å². The Balaban J connectivity index is 0.000000277. The highest BCUT2D eigenvalue weighted by Crippen LogP contribution is 2.37. The van der Waals surface area contributed by atoms with Gasteiger partial charge in [-0.3, -0.25) is 0 Å². The Kier molecular flexibility index (Phi) is 12.7. The maximum Gasteiger partial charge on any atom is 0.203 e. The molecule has 0 radical (unpaired) electrons. The molecule has 0 saturated carbocycles. The number of likely N-dealkylation sites (tertiary alicyclic amines) is 1.